The van der Waals surface area contributed by atoms with Crippen LogP contribution in [0.1, 0.15) is 18.4 Å². The van der Waals surface area contributed by atoms with Gasteiger partial charge in [-0.05, 0) is 109 Å². The molecule has 63 heavy (non-hydrogen) atoms. The molecule has 0 fully saturated rings. The molecule has 8 aromatic heterocycles. The van der Waals surface area contributed by atoms with Crippen LogP contribution in [0.5, 0.6) is 0 Å². The highest BCUT2D eigenvalue weighted by Crippen LogP contribution is 2.39. The Bertz CT molecular complexity index is 3870. The van der Waals surface area contributed by atoms with Crippen molar-refractivity contribution in [2.24, 2.45) is 0 Å². The number of pyridine rings is 5. The minimum atomic E-state index is 0.807. The summed E-state index contributed by atoms with van der Waals surface area (Å²) in [5.41, 5.74) is 17.4. The summed E-state index contributed by atoms with van der Waals surface area (Å²) in [5, 5.41) is 4.34. The van der Waals surface area contributed by atoms with Crippen LogP contribution in [-0.4, -0.2) is 34.1 Å². The Morgan fingerprint density at radius 3 is 1.84 bits per heavy atom. The van der Waals surface area contributed by atoms with Crippen LogP contribution >= 0.6 is 0 Å². The molecule has 8 heterocycles. The van der Waals surface area contributed by atoms with Crippen molar-refractivity contribution in [3.05, 3.63) is 194 Å². The number of fused-ring (bicyclic) bond motifs is 9. The van der Waals surface area contributed by atoms with Gasteiger partial charge in [0.2, 0.25) is 0 Å². The lowest BCUT2D eigenvalue weighted by molar-refractivity contribution is 0.669. The monoisotopic (exact) mass is 809 g/mol. The summed E-state index contributed by atoms with van der Waals surface area (Å²) in [4.78, 5) is 24.7. The molecule has 0 unspecified atom stereocenters. The Hall–Kier alpha value is -8.49. The SMILES string of the molecule is C1=CC(c2cncc(-c3ccc4c(n3)c3nc(-c5cncc(-c6ccccc6)c5)ccc3n4-c3ccc4c(c3)c3cnccc3n4-c3ccc4oc5ccccc5c4c3)c2)=CCC1. The van der Waals surface area contributed by atoms with E-state index in [9.17, 15) is 0 Å². The predicted octanol–water partition coefficient (Wildman–Crippen LogP) is 13.5. The van der Waals surface area contributed by atoms with Crippen molar-refractivity contribution in [3.8, 4) is 45.0 Å². The summed E-state index contributed by atoms with van der Waals surface area (Å²) < 4.78 is 10.8. The van der Waals surface area contributed by atoms with E-state index >= 15 is 0 Å². The lowest BCUT2D eigenvalue weighted by Crippen LogP contribution is -1.96. The van der Waals surface area contributed by atoms with E-state index in [0.29, 0.717) is 0 Å². The van der Waals surface area contributed by atoms with Crippen molar-refractivity contribution in [2.75, 3.05) is 0 Å². The van der Waals surface area contributed by atoms with Crippen molar-refractivity contribution >= 4 is 71.4 Å². The zero-order valence-electron chi connectivity index (χ0n) is 33.9. The normalized spacial score (nSPS) is 13.0. The molecule has 1 aliphatic carbocycles. The first-order chi connectivity index (χ1) is 31.2. The van der Waals surface area contributed by atoms with Crippen molar-refractivity contribution in [3.63, 3.8) is 0 Å². The quantitative estimate of drug-likeness (QED) is 0.166. The largest absolute Gasteiger partial charge is 0.456 e. The van der Waals surface area contributed by atoms with Gasteiger partial charge in [-0.25, -0.2) is 9.97 Å². The van der Waals surface area contributed by atoms with Crippen LogP contribution in [0.2, 0.25) is 0 Å². The van der Waals surface area contributed by atoms with Gasteiger partial charge < -0.3 is 13.6 Å². The minimum Gasteiger partial charge on any atom is -0.456 e. The van der Waals surface area contributed by atoms with Crippen LogP contribution in [0.15, 0.2) is 193 Å². The van der Waals surface area contributed by atoms with Gasteiger partial charge in [0, 0.05) is 92.4 Å². The van der Waals surface area contributed by atoms with Gasteiger partial charge in [0.25, 0.3) is 0 Å². The zero-order valence-corrected chi connectivity index (χ0v) is 33.9. The summed E-state index contributed by atoms with van der Waals surface area (Å²) in [5.74, 6) is 0. The number of rotatable bonds is 6. The Balaban J connectivity index is 1.01. The highest BCUT2D eigenvalue weighted by Gasteiger charge is 2.21. The average Bonchev–Trinajstić information content (AvgIpc) is 4.01. The zero-order chi connectivity index (χ0) is 41.4. The highest BCUT2D eigenvalue weighted by atomic mass is 16.3. The van der Waals surface area contributed by atoms with E-state index in [1.54, 1.807) is 0 Å². The first kappa shape index (κ1) is 35.3. The van der Waals surface area contributed by atoms with Gasteiger partial charge in [0.1, 0.15) is 22.2 Å². The molecule has 4 aromatic carbocycles. The molecule has 8 nitrogen and oxygen atoms in total. The number of aromatic nitrogens is 7. The third-order valence-electron chi connectivity index (χ3n) is 12.4. The fraction of sp³-hybridized carbons (Fsp3) is 0.0364. The molecule has 0 radical (unpaired) electrons. The molecule has 0 aliphatic heterocycles. The Labute approximate surface area is 360 Å². The second-order valence-corrected chi connectivity index (χ2v) is 16.1. The summed E-state index contributed by atoms with van der Waals surface area (Å²) in [6.45, 7) is 0. The molecule has 8 heteroatoms. The molecular formula is C55H35N7O. The number of nitrogens with zero attached hydrogens (tertiary/aromatic N) is 7. The first-order valence-electron chi connectivity index (χ1n) is 21.2. The van der Waals surface area contributed by atoms with Crippen LogP contribution in [0.4, 0.5) is 0 Å². The smallest absolute Gasteiger partial charge is 0.135 e. The van der Waals surface area contributed by atoms with Gasteiger partial charge in [-0.3, -0.25) is 15.0 Å². The predicted molar refractivity (Wildman–Crippen MR) is 254 cm³/mol. The molecular weight excluding hydrogens is 775 g/mol. The summed E-state index contributed by atoms with van der Waals surface area (Å²) in [6.07, 6.45) is 20.2. The second-order valence-electron chi connectivity index (χ2n) is 16.1. The number of furan rings is 1. The van der Waals surface area contributed by atoms with E-state index in [0.717, 1.165) is 129 Å². The number of allylic oxidation sites excluding steroid dienone is 4. The van der Waals surface area contributed by atoms with Gasteiger partial charge in [-0.2, -0.15) is 0 Å². The fourth-order valence-corrected chi connectivity index (χ4v) is 9.40. The molecule has 0 bridgehead atoms. The highest BCUT2D eigenvalue weighted by molar-refractivity contribution is 6.12. The van der Waals surface area contributed by atoms with Crippen LogP contribution in [0.3, 0.4) is 0 Å². The molecule has 0 spiro atoms. The van der Waals surface area contributed by atoms with Crippen molar-refractivity contribution in [2.45, 2.75) is 12.8 Å². The Morgan fingerprint density at radius 2 is 1.06 bits per heavy atom. The molecule has 0 saturated heterocycles. The van der Waals surface area contributed by atoms with Crippen molar-refractivity contribution < 1.29 is 4.42 Å². The maximum absolute atomic E-state index is 6.20. The van der Waals surface area contributed by atoms with Crippen LogP contribution < -0.4 is 0 Å². The van der Waals surface area contributed by atoms with Gasteiger partial charge in [0.15, 0.2) is 0 Å². The van der Waals surface area contributed by atoms with E-state index < -0.39 is 0 Å². The number of hydrogen-bond donors (Lipinski definition) is 0. The molecule has 296 valence electrons. The van der Waals surface area contributed by atoms with E-state index in [-0.39, 0.29) is 0 Å². The summed E-state index contributed by atoms with van der Waals surface area (Å²) >= 11 is 0. The van der Waals surface area contributed by atoms with Gasteiger partial charge in [-0.1, -0.05) is 66.8 Å². The van der Waals surface area contributed by atoms with Crippen molar-refractivity contribution in [1.29, 1.82) is 0 Å². The minimum absolute atomic E-state index is 0.807. The fourth-order valence-electron chi connectivity index (χ4n) is 9.40. The lowest BCUT2D eigenvalue weighted by Gasteiger charge is -2.11. The van der Waals surface area contributed by atoms with E-state index in [4.69, 9.17) is 14.4 Å². The third-order valence-corrected chi connectivity index (χ3v) is 12.4. The topological polar surface area (TPSA) is 87.5 Å². The Morgan fingerprint density at radius 1 is 0.429 bits per heavy atom. The molecule has 0 saturated carbocycles. The Kier molecular flexibility index (Phi) is 7.86. The van der Waals surface area contributed by atoms with Crippen LogP contribution in [0.25, 0.3) is 116 Å². The average molecular weight is 810 g/mol. The molecule has 0 atom stereocenters. The standard InChI is InChI=1S/C55H35N7O/c1-3-9-34(10-4-1)36-25-38(31-57-29-36)46-17-20-50-54(59-46)55-51(21-18-47(60-55)39-26-37(30-58-32-39)35-11-5-2-6-12-35)62(50)40-15-19-48-43(27-40)45-33-56-24-23-49(45)61(48)41-16-22-53-44(28-41)42-13-7-8-14-52(42)63-53/h1,3-5,7-33H,2,6H2. The van der Waals surface area contributed by atoms with Crippen molar-refractivity contribution in [1.82, 2.24) is 34.1 Å². The maximum Gasteiger partial charge on any atom is 0.135 e. The van der Waals surface area contributed by atoms with Gasteiger partial charge >= 0.3 is 0 Å². The summed E-state index contributed by atoms with van der Waals surface area (Å²) in [6, 6.07) is 46.6. The number of hydrogen-bond acceptors (Lipinski definition) is 6. The van der Waals surface area contributed by atoms with E-state index in [2.05, 4.69) is 145 Å². The summed E-state index contributed by atoms with van der Waals surface area (Å²) in [7, 11) is 0. The van der Waals surface area contributed by atoms with Gasteiger partial charge in [0.05, 0.1) is 33.5 Å². The molecule has 1 aliphatic rings. The van der Waals surface area contributed by atoms with Crippen LogP contribution in [-0.2, 0) is 0 Å². The van der Waals surface area contributed by atoms with Gasteiger partial charge in [-0.15, -0.1) is 0 Å². The molecule has 13 rings (SSSR count). The lowest BCUT2D eigenvalue weighted by atomic mass is 9.99. The third kappa shape index (κ3) is 5.72. The first-order valence-corrected chi connectivity index (χ1v) is 21.2. The molecule has 0 N–H and O–H groups in total. The van der Waals surface area contributed by atoms with Crippen LogP contribution in [0, 0.1) is 0 Å². The molecule has 12 aromatic rings. The van der Waals surface area contributed by atoms with E-state index in [1.807, 2.05) is 67.5 Å². The number of benzene rings is 4. The molecule has 0 amide bonds. The maximum atomic E-state index is 6.20. The second kappa shape index (κ2) is 14.0. The number of para-hydroxylation sites is 1. The van der Waals surface area contributed by atoms with E-state index in [1.165, 1.54) is 5.57 Å².